The van der Waals surface area contributed by atoms with E-state index in [4.69, 9.17) is 4.74 Å². The summed E-state index contributed by atoms with van der Waals surface area (Å²) in [6.07, 6.45) is 0.942. The lowest BCUT2D eigenvalue weighted by molar-refractivity contribution is 0.0946. The van der Waals surface area contributed by atoms with Gasteiger partial charge in [0, 0.05) is 11.0 Å². The first kappa shape index (κ1) is 15.0. The molecule has 1 aromatic rings. The molecule has 1 amide bonds. The van der Waals surface area contributed by atoms with Crippen LogP contribution in [0, 0.1) is 5.41 Å². The highest BCUT2D eigenvalue weighted by Gasteiger charge is 2.14. The van der Waals surface area contributed by atoms with Crippen LogP contribution in [-0.2, 0) is 0 Å². The number of rotatable bonds is 4. The Morgan fingerprint density at radius 1 is 1.39 bits per heavy atom. The number of halogens is 1. The lowest BCUT2D eigenvalue weighted by atomic mass is 9.92. The number of methoxy groups -OCH3 is 1. The fourth-order valence-corrected chi connectivity index (χ4v) is 1.84. The van der Waals surface area contributed by atoms with Crippen molar-refractivity contribution in [1.29, 1.82) is 0 Å². The van der Waals surface area contributed by atoms with Gasteiger partial charge in [-0.3, -0.25) is 4.79 Å². The monoisotopic (exact) mass is 313 g/mol. The summed E-state index contributed by atoms with van der Waals surface area (Å²) in [5.41, 5.74) is 0.784. The van der Waals surface area contributed by atoms with Gasteiger partial charge in [-0.2, -0.15) is 0 Å². The molecule has 0 bridgehead atoms. The molecule has 1 rings (SSSR count). The predicted molar refractivity (Wildman–Crippen MR) is 77.1 cm³/mol. The van der Waals surface area contributed by atoms with E-state index in [0.717, 1.165) is 10.9 Å². The normalized spacial score (nSPS) is 11.2. The minimum atomic E-state index is -0.0939. The molecule has 0 aliphatic carbocycles. The zero-order chi connectivity index (χ0) is 13.8. The zero-order valence-electron chi connectivity index (χ0n) is 11.3. The summed E-state index contributed by atoms with van der Waals surface area (Å²) in [7, 11) is 1.56. The average molecular weight is 314 g/mol. The molecule has 0 fully saturated rings. The second-order valence-electron chi connectivity index (χ2n) is 5.41. The molecule has 1 N–H and O–H groups in total. The molecule has 18 heavy (non-hydrogen) atoms. The van der Waals surface area contributed by atoms with E-state index in [2.05, 4.69) is 42.0 Å². The highest BCUT2D eigenvalue weighted by molar-refractivity contribution is 9.10. The van der Waals surface area contributed by atoms with Crippen molar-refractivity contribution < 1.29 is 9.53 Å². The standard InChI is InChI=1S/C14H20BrNO2/c1-14(2,3)7-8-16-13(17)11-6-5-10(15)9-12(11)18-4/h5-6,9H,7-8H2,1-4H3,(H,16,17). The summed E-state index contributed by atoms with van der Waals surface area (Å²) < 4.78 is 6.10. The third kappa shape index (κ3) is 4.69. The van der Waals surface area contributed by atoms with Crippen LogP contribution in [0.4, 0.5) is 0 Å². The van der Waals surface area contributed by atoms with Gasteiger partial charge < -0.3 is 10.1 Å². The van der Waals surface area contributed by atoms with Gasteiger partial charge >= 0.3 is 0 Å². The lowest BCUT2D eigenvalue weighted by Crippen LogP contribution is -2.27. The molecule has 0 saturated heterocycles. The number of ether oxygens (including phenoxy) is 1. The quantitative estimate of drug-likeness (QED) is 0.922. The summed E-state index contributed by atoms with van der Waals surface area (Å²) in [4.78, 5) is 12.0. The number of benzene rings is 1. The number of carbonyl (C=O) groups is 1. The van der Waals surface area contributed by atoms with Gasteiger partial charge in [-0.25, -0.2) is 0 Å². The van der Waals surface area contributed by atoms with Crippen LogP contribution in [0.25, 0.3) is 0 Å². The van der Waals surface area contributed by atoms with Crippen molar-refractivity contribution in [2.75, 3.05) is 13.7 Å². The van der Waals surface area contributed by atoms with E-state index in [0.29, 0.717) is 17.9 Å². The summed E-state index contributed by atoms with van der Waals surface area (Å²) in [5.74, 6) is 0.487. The Hall–Kier alpha value is -1.03. The maximum atomic E-state index is 12.0. The van der Waals surface area contributed by atoms with Crippen molar-refractivity contribution >= 4 is 21.8 Å². The predicted octanol–water partition coefficient (Wildman–Crippen LogP) is 3.62. The Bertz CT molecular complexity index is 424. The molecule has 3 nitrogen and oxygen atoms in total. The largest absolute Gasteiger partial charge is 0.496 e. The lowest BCUT2D eigenvalue weighted by Gasteiger charge is -2.18. The summed E-state index contributed by atoms with van der Waals surface area (Å²) in [6.45, 7) is 7.12. The van der Waals surface area contributed by atoms with Gasteiger partial charge in [0.05, 0.1) is 12.7 Å². The van der Waals surface area contributed by atoms with Crippen molar-refractivity contribution in [3.8, 4) is 5.75 Å². The van der Waals surface area contributed by atoms with Gasteiger partial charge in [0.15, 0.2) is 0 Å². The Balaban J connectivity index is 2.67. The third-order valence-electron chi connectivity index (χ3n) is 2.57. The minimum Gasteiger partial charge on any atom is -0.496 e. The number of nitrogens with one attached hydrogen (secondary N) is 1. The van der Waals surface area contributed by atoms with Crippen LogP contribution in [0.2, 0.25) is 0 Å². The first-order valence-electron chi connectivity index (χ1n) is 5.95. The van der Waals surface area contributed by atoms with E-state index < -0.39 is 0 Å². The van der Waals surface area contributed by atoms with Crippen LogP contribution < -0.4 is 10.1 Å². The van der Waals surface area contributed by atoms with E-state index in [1.54, 1.807) is 19.2 Å². The van der Waals surface area contributed by atoms with Crippen molar-refractivity contribution in [3.63, 3.8) is 0 Å². The van der Waals surface area contributed by atoms with E-state index in [1.807, 2.05) is 6.07 Å². The molecule has 0 heterocycles. The van der Waals surface area contributed by atoms with Crippen molar-refractivity contribution in [2.24, 2.45) is 5.41 Å². The van der Waals surface area contributed by atoms with Gasteiger partial charge in [-0.1, -0.05) is 36.7 Å². The number of amides is 1. The first-order chi connectivity index (χ1) is 8.33. The second kappa shape index (κ2) is 6.23. The molecule has 1 aromatic carbocycles. The SMILES string of the molecule is COc1cc(Br)ccc1C(=O)NCCC(C)(C)C. The molecule has 0 radical (unpaired) electrons. The molecule has 0 aliphatic heterocycles. The maximum Gasteiger partial charge on any atom is 0.255 e. The molecule has 0 aromatic heterocycles. The van der Waals surface area contributed by atoms with Crippen LogP contribution >= 0.6 is 15.9 Å². The zero-order valence-corrected chi connectivity index (χ0v) is 12.9. The number of carbonyl (C=O) groups excluding carboxylic acids is 1. The maximum absolute atomic E-state index is 12.0. The molecule has 100 valence electrons. The molecule has 0 aliphatic rings. The average Bonchev–Trinajstić information content (AvgIpc) is 2.26. The fraction of sp³-hybridized carbons (Fsp3) is 0.500. The van der Waals surface area contributed by atoms with Crippen molar-refractivity contribution in [1.82, 2.24) is 5.32 Å². The Morgan fingerprint density at radius 2 is 2.06 bits per heavy atom. The van der Waals surface area contributed by atoms with Crippen LogP contribution in [0.3, 0.4) is 0 Å². The van der Waals surface area contributed by atoms with Crippen molar-refractivity contribution in [3.05, 3.63) is 28.2 Å². The first-order valence-corrected chi connectivity index (χ1v) is 6.74. The van der Waals surface area contributed by atoms with E-state index in [1.165, 1.54) is 0 Å². The molecule has 0 saturated carbocycles. The number of hydrogen-bond donors (Lipinski definition) is 1. The van der Waals surface area contributed by atoms with Gasteiger partial charge in [0.1, 0.15) is 5.75 Å². The third-order valence-corrected chi connectivity index (χ3v) is 3.06. The number of hydrogen-bond acceptors (Lipinski definition) is 2. The molecule has 0 atom stereocenters. The van der Waals surface area contributed by atoms with Crippen LogP contribution in [-0.4, -0.2) is 19.6 Å². The van der Waals surface area contributed by atoms with Crippen LogP contribution in [0.1, 0.15) is 37.6 Å². The van der Waals surface area contributed by atoms with Crippen LogP contribution in [0.5, 0.6) is 5.75 Å². The van der Waals surface area contributed by atoms with Gasteiger partial charge in [0.25, 0.3) is 5.91 Å². The Kier molecular flexibility index (Phi) is 5.20. The summed E-state index contributed by atoms with van der Waals surface area (Å²) >= 11 is 3.35. The van der Waals surface area contributed by atoms with E-state index in [-0.39, 0.29) is 11.3 Å². The molecular weight excluding hydrogens is 294 g/mol. The topological polar surface area (TPSA) is 38.3 Å². The summed E-state index contributed by atoms with van der Waals surface area (Å²) in [6, 6.07) is 5.38. The Morgan fingerprint density at radius 3 is 2.61 bits per heavy atom. The van der Waals surface area contributed by atoms with Crippen LogP contribution in [0.15, 0.2) is 22.7 Å². The van der Waals surface area contributed by atoms with Crippen molar-refractivity contribution in [2.45, 2.75) is 27.2 Å². The van der Waals surface area contributed by atoms with E-state index >= 15 is 0 Å². The van der Waals surface area contributed by atoms with E-state index in [9.17, 15) is 4.79 Å². The molecule has 0 spiro atoms. The highest BCUT2D eigenvalue weighted by atomic mass is 79.9. The Labute approximate surface area is 117 Å². The second-order valence-corrected chi connectivity index (χ2v) is 6.33. The highest BCUT2D eigenvalue weighted by Crippen LogP contribution is 2.23. The molecule has 4 heteroatoms. The fourth-order valence-electron chi connectivity index (χ4n) is 1.50. The molecule has 0 unspecified atom stereocenters. The van der Waals surface area contributed by atoms with Gasteiger partial charge in [0.2, 0.25) is 0 Å². The summed E-state index contributed by atoms with van der Waals surface area (Å²) in [5, 5.41) is 2.92. The smallest absolute Gasteiger partial charge is 0.255 e. The van der Waals surface area contributed by atoms with Gasteiger partial charge in [-0.15, -0.1) is 0 Å². The van der Waals surface area contributed by atoms with Gasteiger partial charge in [-0.05, 0) is 30.0 Å². The molecular formula is C14H20BrNO2. The minimum absolute atomic E-state index is 0.0939.